The average Bonchev–Trinajstić information content (AvgIpc) is 2.91. The lowest BCUT2D eigenvalue weighted by atomic mass is 10.1. The Hall–Kier alpha value is -3.29. The van der Waals surface area contributed by atoms with E-state index in [1.54, 1.807) is 12.0 Å². The number of aryl methyl sites for hydroxylation is 1. The lowest BCUT2D eigenvalue weighted by molar-refractivity contribution is -0.132. The highest BCUT2D eigenvalue weighted by molar-refractivity contribution is 5.78. The van der Waals surface area contributed by atoms with E-state index in [1.165, 1.54) is 19.3 Å². The second-order valence-electron chi connectivity index (χ2n) is 8.95. The van der Waals surface area contributed by atoms with Crippen LogP contribution in [0.4, 0.5) is 10.6 Å². The van der Waals surface area contributed by atoms with Gasteiger partial charge < -0.3 is 24.8 Å². The second kappa shape index (κ2) is 11.7. The zero-order chi connectivity index (χ0) is 23.8. The van der Waals surface area contributed by atoms with E-state index in [-0.39, 0.29) is 11.9 Å². The molecule has 0 unspecified atom stereocenters. The number of carbonyl (C=O) groups is 2. The molecule has 1 aromatic heterocycles. The standard InChI is InChI=1S/C26H35N5O3/c1-34-23-9-5-21(6-10-23)8-12-25(32)30-15-17-31(18-16-30)26(33)28-20-22-7-11-24(27-19-22)29-13-3-2-4-14-29/h5-7,9-11,19H,2-4,8,12-18,20H2,1H3,(H,28,33). The largest absolute Gasteiger partial charge is 0.497 e. The maximum atomic E-state index is 12.6. The van der Waals surface area contributed by atoms with Gasteiger partial charge in [-0.05, 0) is 55.0 Å². The molecule has 1 aromatic carbocycles. The van der Waals surface area contributed by atoms with E-state index in [0.717, 1.165) is 35.8 Å². The molecule has 3 heterocycles. The highest BCUT2D eigenvalue weighted by Crippen LogP contribution is 2.18. The second-order valence-corrected chi connectivity index (χ2v) is 8.95. The highest BCUT2D eigenvalue weighted by Gasteiger charge is 2.24. The van der Waals surface area contributed by atoms with Crippen molar-refractivity contribution in [1.29, 1.82) is 0 Å². The minimum atomic E-state index is -0.0922. The predicted octanol–water partition coefficient (Wildman–Crippen LogP) is 3.07. The van der Waals surface area contributed by atoms with Gasteiger partial charge in [-0.2, -0.15) is 0 Å². The topological polar surface area (TPSA) is 78.0 Å². The number of nitrogens with one attached hydrogen (secondary N) is 1. The van der Waals surface area contributed by atoms with Crippen molar-refractivity contribution in [3.8, 4) is 5.75 Å². The summed E-state index contributed by atoms with van der Waals surface area (Å²) in [5.74, 6) is 1.97. The van der Waals surface area contributed by atoms with E-state index >= 15 is 0 Å². The molecule has 4 rings (SSSR count). The molecule has 1 N–H and O–H groups in total. The van der Waals surface area contributed by atoms with Crippen molar-refractivity contribution in [1.82, 2.24) is 20.1 Å². The fourth-order valence-corrected chi connectivity index (χ4v) is 4.48. The highest BCUT2D eigenvalue weighted by atomic mass is 16.5. The zero-order valence-corrected chi connectivity index (χ0v) is 20.0. The molecule has 0 spiro atoms. The molecule has 2 saturated heterocycles. The monoisotopic (exact) mass is 465 g/mol. The van der Waals surface area contributed by atoms with Crippen LogP contribution in [0, 0.1) is 0 Å². The van der Waals surface area contributed by atoms with Crippen molar-refractivity contribution in [2.24, 2.45) is 0 Å². The van der Waals surface area contributed by atoms with Crippen LogP contribution >= 0.6 is 0 Å². The number of pyridine rings is 1. The van der Waals surface area contributed by atoms with E-state index < -0.39 is 0 Å². The number of aromatic nitrogens is 1. The van der Waals surface area contributed by atoms with Crippen LogP contribution in [0.15, 0.2) is 42.6 Å². The van der Waals surface area contributed by atoms with Crippen LogP contribution in [-0.4, -0.2) is 73.1 Å². The van der Waals surface area contributed by atoms with Crippen molar-refractivity contribution in [2.75, 3.05) is 51.3 Å². The van der Waals surface area contributed by atoms with Gasteiger partial charge in [-0.3, -0.25) is 4.79 Å². The number of nitrogens with zero attached hydrogens (tertiary/aromatic N) is 4. The average molecular weight is 466 g/mol. The van der Waals surface area contributed by atoms with Crippen molar-refractivity contribution in [3.63, 3.8) is 0 Å². The van der Waals surface area contributed by atoms with Crippen molar-refractivity contribution in [2.45, 2.75) is 38.6 Å². The molecule has 34 heavy (non-hydrogen) atoms. The number of carbonyl (C=O) groups excluding carboxylic acids is 2. The van der Waals surface area contributed by atoms with Crippen molar-refractivity contribution >= 4 is 17.8 Å². The number of anilines is 1. The first kappa shape index (κ1) is 23.9. The number of amides is 3. The fraction of sp³-hybridized carbons (Fsp3) is 0.500. The minimum Gasteiger partial charge on any atom is -0.497 e. The van der Waals surface area contributed by atoms with Crippen LogP contribution in [0.5, 0.6) is 5.75 Å². The predicted molar refractivity (Wildman–Crippen MR) is 132 cm³/mol. The smallest absolute Gasteiger partial charge is 0.317 e. The van der Waals surface area contributed by atoms with Crippen LogP contribution in [0.2, 0.25) is 0 Å². The quantitative estimate of drug-likeness (QED) is 0.680. The summed E-state index contributed by atoms with van der Waals surface area (Å²) in [5, 5.41) is 2.99. The number of ether oxygens (including phenoxy) is 1. The summed E-state index contributed by atoms with van der Waals surface area (Å²) in [6, 6.07) is 11.8. The molecule has 0 saturated carbocycles. The van der Waals surface area contributed by atoms with E-state index in [1.807, 2.05) is 47.5 Å². The molecule has 2 aliphatic heterocycles. The third kappa shape index (κ3) is 6.40. The third-order valence-corrected chi connectivity index (χ3v) is 6.64. The number of benzene rings is 1. The molecule has 2 aromatic rings. The first-order chi connectivity index (χ1) is 16.6. The molecule has 3 amide bonds. The first-order valence-electron chi connectivity index (χ1n) is 12.3. The Morgan fingerprint density at radius 2 is 1.56 bits per heavy atom. The molecule has 2 fully saturated rings. The van der Waals surface area contributed by atoms with Gasteiger partial charge in [0, 0.05) is 58.4 Å². The lowest BCUT2D eigenvalue weighted by Crippen LogP contribution is -2.53. The molecule has 0 bridgehead atoms. The summed E-state index contributed by atoms with van der Waals surface area (Å²) in [5.41, 5.74) is 2.10. The SMILES string of the molecule is COc1ccc(CCC(=O)N2CCN(C(=O)NCc3ccc(N4CCCCC4)nc3)CC2)cc1. The van der Waals surface area contributed by atoms with Gasteiger partial charge in [-0.1, -0.05) is 18.2 Å². The molecule has 8 nitrogen and oxygen atoms in total. The Balaban J connectivity index is 1.16. The van der Waals surface area contributed by atoms with E-state index in [4.69, 9.17) is 4.74 Å². The molecular formula is C26H35N5O3. The van der Waals surface area contributed by atoms with Gasteiger partial charge in [0.25, 0.3) is 0 Å². The minimum absolute atomic E-state index is 0.0922. The molecular weight excluding hydrogens is 430 g/mol. The van der Waals surface area contributed by atoms with Crippen LogP contribution in [0.25, 0.3) is 0 Å². The molecule has 8 heteroatoms. The number of piperazine rings is 1. The van der Waals surface area contributed by atoms with Gasteiger partial charge in [0.15, 0.2) is 0 Å². The Labute approximate surface area is 201 Å². The molecule has 182 valence electrons. The van der Waals surface area contributed by atoms with Gasteiger partial charge in [-0.25, -0.2) is 9.78 Å². The van der Waals surface area contributed by atoms with Crippen molar-refractivity contribution in [3.05, 3.63) is 53.7 Å². The third-order valence-electron chi connectivity index (χ3n) is 6.64. The van der Waals surface area contributed by atoms with Gasteiger partial charge in [0.1, 0.15) is 11.6 Å². The maximum absolute atomic E-state index is 12.6. The molecule has 0 radical (unpaired) electrons. The Bertz CT molecular complexity index is 934. The maximum Gasteiger partial charge on any atom is 0.317 e. The van der Waals surface area contributed by atoms with Gasteiger partial charge in [0.2, 0.25) is 5.91 Å². The van der Waals surface area contributed by atoms with Crippen LogP contribution in [0.1, 0.15) is 36.8 Å². The van der Waals surface area contributed by atoms with Gasteiger partial charge in [0.05, 0.1) is 7.11 Å². The summed E-state index contributed by atoms with van der Waals surface area (Å²) in [7, 11) is 1.64. The number of hydrogen-bond donors (Lipinski definition) is 1. The Morgan fingerprint density at radius 3 is 2.21 bits per heavy atom. The summed E-state index contributed by atoms with van der Waals surface area (Å²) >= 11 is 0. The summed E-state index contributed by atoms with van der Waals surface area (Å²) in [6.07, 6.45) is 6.77. The Kier molecular flexibility index (Phi) is 8.22. The number of urea groups is 1. The van der Waals surface area contributed by atoms with Gasteiger partial charge in [-0.15, -0.1) is 0 Å². The molecule has 0 aliphatic carbocycles. The zero-order valence-electron chi connectivity index (χ0n) is 20.0. The Morgan fingerprint density at radius 1 is 0.882 bits per heavy atom. The van der Waals surface area contributed by atoms with E-state index in [0.29, 0.717) is 45.6 Å². The fourth-order valence-electron chi connectivity index (χ4n) is 4.48. The van der Waals surface area contributed by atoms with Crippen LogP contribution < -0.4 is 15.0 Å². The number of rotatable bonds is 7. The summed E-state index contributed by atoms with van der Waals surface area (Å²) in [4.78, 5) is 35.7. The van der Waals surface area contributed by atoms with Crippen molar-refractivity contribution < 1.29 is 14.3 Å². The first-order valence-corrected chi connectivity index (χ1v) is 12.3. The lowest BCUT2D eigenvalue weighted by Gasteiger charge is -2.34. The van der Waals surface area contributed by atoms with Crippen LogP contribution in [0.3, 0.4) is 0 Å². The summed E-state index contributed by atoms with van der Waals surface area (Å²) in [6.45, 7) is 4.83. The van der Waals surface area contributed by atoms with E-state index in [2.05, 4.69) is 15.2 Å². The van der Waals surface area contributed by atoms with Crippen LogP contribution in [-0.2, 0) is 17.8 Å². The number of hydrogen-bond acceptors (Lipinski definition) is 5. The molecule has 0 atom stereocenters. The molecule has 2 aliphatic rings. The summed E-state index contributed by atoms with van der Waals surface area (Å²) < 4.78 is 5.17. The van der Waals surface area contributed by atoms with Gasteiger partial charge >= 0.3 is 6.03 Å². The van der Waals surface area contributed by atoms with E-state index in [9.17, 15) is 9.59 Å². The number of piperidine rings is 1. The normalized spacial score (nSPS) is 16.3. The number of methoxy groups -OCH3 is 1.